The van der Waals surface area contributed by atoms with Gasteiger partial charge in [-0.25, -0.2) is 4.98 Å². The Morgan fingerprint density at radius 2 is 2.11 bits per heavy atom. The zero-order valence-electron chi connectivity index (χ0n) is 11.4. The molecule has 0 amide bonds. The minimum absolute atomic E-state index is 0.746. The van der Waals surface area contributed by atoms with Crippen LogP contribution in [0.3, 0.4) is 0 Å². The molecule has 0 radical (unpaired) electrons. The van der Waals surface area contributed by atoms with Crippen molar-refractivity contribution in [2.24, 2.45) is 0 Å². The van der Waals surface area contributed by atoms with E-state index in [1.165, 1.54) is 36.4 Å². The summed E-state index contributed by atoms with van der Waals surface area (Å²) in [6.07, 6.45) is 6.46. The molecule has 3 rings (SSSR count). The second kappa shape index (κ2) is 5.27. The van der Waals surface area contributed by atoms with Crippen LogP contribution in [0.2, 0.25) is 0 Å². The van der Waals surface area contributed by atoms with E-state index in [4.69, 9.17) is 0 Å². The largest absolute Gasteiger partial charge is 0.311 e. The number of nitrogens with zero attached hydrogens (tertiary/aromatic N) is 2. The van der Waals surface area contributed by atoms with Crippen molar-refractivity contribution in [2.75, 3.05) is 7.05 Å². The molecule has 100 valence electrons. The zero-order valence-corrected chi connectivity index (χ0v) is 12.2. The lowest BCUT2D eigenvalue weighted by Crippen LogP contribution is -2.46. The summed E-state index contributed by atoms with van der Waals surface area (Å²) in [6.45, 7) is 3.19. The van der Waals surface area contributed by atoms with Gasteiger partial charge in [0.25, 0.3) is 0 Å². The van der Waals surface area contributed by atoms with Gasteiger partial charge >= 0.3 is 0 Å². The van der Waals surface area contributed by atoms with Gasteiger partial charge in [0.15, 0.2) is 0 Å². The van der Waals surface area contributed by atoms with Crippen molar-refractivity contribution < 1.29 is 0 Å². The maximum atomic E-state index is 4.68. The highest BCUT2D eigenvalue weighted by Crippen LogP contribution is 2.29. The van der Waals surface area contributed by atoms with E-state index in [9.17, 15) is 0 Å². The van der Waals surface area contributed by atoms with E-state index in [1.54, 1.807) is 11.3 Å². The van der Waals surface area contributed by atoms with Gasteiger partial charge in [-0.15, -0.1) is 11.3 Å². The third kappa shape index (κ3) is 2.60. The Morgan fingerprint density at radius 1 is 1.39 bits per heavy atom. The molecule has 4 heteroatoms. The van der Waals surface area contributed by atoms with E-state index >= 15 is 0 Å². The summed E-state index contributed by atoms with van der Waals surface area (Å²) in [5.74, 6) is 0. The van der Waals surface area contributed by atoms with Gasteiger partial charge < -0.3 is 5.32 Å². The predicted octanol–water partition coefficient (Wildman–Crippen LogP) is 2.42. The summed E-state index contributed by atoms with van der Waals surface area (Å²) in [4.78, 5) is 7.19. The summed E-state index contributed by atoms with van der Waals surface area (Å²) in [5, 5.41) is 7.21. The molecule has 2 fully saturated rings. The molecular formula is C14H23N3S. The molecule has 2 saturated heterocycles. The average Bonchev–Trinajstić information content (AvgIpc) is 2.96. The topological polar surface area (TPSA) is 28.2 Å². The van der Waals surface area contributed by atoms with E-state index in [-0.39, 0.29) is 0 Å². The highest BCUT2D eigenvalue weighted by atomic mass is 32.1. The summed E-state index contributed by atoms with van der Waals surface area (Å²) in [5.41, 5.74) is 1.25. The van der Waals surface area contributed by atoms with Crippen LogP contribution in [-0.4, -0.2) is 35.1 Å². The minimum Gasteiger partial charge on any atom is -0.311 e. The third-order valence-electron chi connectivity index (χ3n) is 4.38. The molecule has 0 aromatic carbocycles. The van der Waals surface area contributed by atoms with Crippen LogP contribution < -0.4 is 5.32 Å². The van der Waals surface area contributed by atoms with Gasteiger partial charge in [-0.1, -0.05) is 6.92 Å². The SMILES string of the molecule is CCc1nc(CN(C)C2CC3CCC(C2)N3)cs1. The second-order valence-corrected chi connectivity index (χ2v) is 6.71. The maximum absolute atomic E-state index is 4.68. The normalized spacial score (nSPS) is 31.2. The number of thiazole rings is 1. The van der Waals surface area contributed by atoms with Crippen LogP contribution in [-0.2, 0) is 13.0 Å². The molecule has 3 heterocycles. The molecule has 2 atom stereocenters. The number of aromatic nitrogens is 1. The number of nitrogens with one attached hydrogen (secondary N) is 1. The van der Waals surface area contributed by atoms with Crippen LogP contribution in [0.25, 0.3) is 0 Å². The van der Waals surface area contributed by atoms with Crippen LogP contribution in [0.15, 0.2) is 5.38 Å². The van der Waals surface area contributed by atoms with Crippen LogP contribution in [0.1, 0.15) is 43.3 Å². The summed E-state index contributed by atoms with van der Waals surface area (Å²) < 4.78 is 0. The standard InChI is InChI=1S/C14H23N3S/c1-3-14-16-12(9-18-14)8-17(2)13-6-10-4-5-11(7-13)15-10/h9-11,13,15H,3-8H2,1-2H3. The first kappa shape index (κ1) is 12.6. The Morgan fingerprint density at radius 3 is 2.72 bits per heavy atom. The Hall–Kier alpha value is -0.450. The first-order valence-electron chi connectivity index (χ1n) is 7.14. The van der Waals surface area contributed by atoms with Crippen LogP contribution in [0.4, 0.5) is 0 Å². The molecule has 3 nitrogen and oxygen atoms in total. The Balaban J connectivity index is 1.59. The van der Waals surface area contributed by atoms with Crippen molar-refractivity contribution in [1.29, 1.82) is 0 Å². The number of hydrogen-bond donors (Lipinski definition) is 1. The molecular weight excluding hydrogens is 242 g/mol. The summed E-state index contributed by atoms with van der Waals surface area (Å²) >= 11 is 1.80. The fourth-order valence-corrected chi connectivity index (χ4v) is 4.09. The fourth-order valence-electron chi connectivity index (χ4n) is 3.36. The third-order valence-corrected chi connectivity index (χ3v) is 5.43. The van der Waals surface area contributed by atoms with Crippen molar-refractivity contribution >= 4 is 11.3 Å². The number of aryl methyl sites for hydroxylation is 1. The molecule has 0 aliphatic carbocycles. The Kier molecular flexibility index (Phi) is 3.68. The van der Waals surface area contributed by atoms with Gasteiger partial charge in [0.1, 0.15) is 0 Å². The van der Waals surface area contributed by atoms with Crippen molar-refractivity contribution in [3.63, 3.8) is 0 Å². The quantitative estimate of drug-likeness (QED) is 0.906. The van der Waals surface area contributed by atoms with Crippen molar-refractivity contribution in [3.8, 4) is 0 Å². The number of fused-ring (bicyclic) bond motifs is 2. The monoisotopic (exact) mass is 265 g/mol. The van der Waals surface area contributed by atoms with Crippen LogP contribution in [0.5, 0.6) is 0 Å². The van der Waals surface area contributed by atoms with Crippen LogP contribution in [0, 0.1) is 0 Å². The van der Waals surface area contributed by atoms with Gasteiger partial charge in [0, 0.05) is 30.1 Å². The first-order chi connectivity index (χ1) is 8.74. The van der Waals surface area contributed by atoms with Crippen molar-refractivity contribution in [1.82, 2.24) is 15.2 Å². The van der Waals surface area contributed by atoms with Gasteiger partial charge in [-0.05, 0) is 39.2 Å². The highest BCUT2D eigenvalue weighted by Gasteiger charge is 2.35. The van der Waals surface area contributed by atoms with E-state index in [0.717, 1.165) is 31.1 Å². The molecule has 2 aliphatic heterocycles. The minimum atomic E-state index is 0.746. The lowest BCUT2D eigenvalue weighted by Gasteiger charge is -2.35. The Labute approximate surface area is 114 Å². The first-order valence-corrected chi connectivity index (χ1v) is 8.02. The molecule has 2 aliphatic rings. The summed E-state index contributed by atoms with van der Waals surface area (Å²) in [7, 11) is 2.26. The lowest BCUT2D eigenvalue weighted by molar-refractivity contribution is 0.164. The highest BCUT2D eigenvalue weighted by molar-refractivity contribution is 7.09. The number of piperidine rings is 1. The van der Waals surface area contributed by atoms with Gasteiger partial charge in [-0.2, -0.15) is 0 Å². The smallest absolute Gasteiger partial charge is 0.0926 e. The zero-order chi connectivity index (χ0) is 12.5. The second-order valence-electron chi connectivity index (χ2n) is 5.76. The van der Waals surface area contributed by atoms with Crippen molar-refractivity contribution in [2.45, 2.75) is 63.7 Å². The van der Waals surface area contributed by atoms with Gasteiger partial charge in [-0.3, -0.25) is 4.90 Å². The molecule has 2 bridgehead atoms. The van der Waals surface area contributed by atoms with Gasteiger partial charge in [0.05, 0.1) is 10.7 Å². The molecule has 2 unspecified atom stereocenters. The number of rotatable bonds is 4. The van der Waals surface area contributed by atoms with Crippen molar-refractivity contribution in [3.05, 3.63) is 16.1 Å². The van der Waals surface area contributed by atoms with E-state index in [1.807, 2.05) is 0 Å². The van der Waals surface area contributed by atoms with Crippen LogP contribution >= 0.6 is 11.3 Å². The average molecular weight is 265 g/mol. The van der Waals surface area contributed by atoms with E-state index in [0.29, 0.717) is 0 Å². The molecule has 1 N–H and O–H groups in total. The fraction of sp³-hybridized carbons (Fsp3) is 0.786. The van der Waals surface area contributed by atoms with E-state index < -0.39 is 0 Å². The lowest BCUT2D eigenvalue weighted by atomic mass is 9.98. The molecule has 1 aromatic rings. The van der Waals surface area contributed by atoms with E-state index in [2.05, 4.69) is 34.6 Å². The summed E-state index contributed by atoms with van der Waals surface area (Å²) in [6, 6.07) is 2.30. The predicted molar refractivity (Wildman–Crippen MR) is 75.9 cm³/mol. The molecule has 1 aromatic heterocycles. The molecule has 0 saturated carbocycles. The molecule has 0 spiro atoms. The number of hydrogen-bond acceptors (Lipinski definition) is 4. The molecule has 18 heavy (non-hydrogen) atoms. The Bertz CT molecular complexity index is 391. The van der Waals surface area contributed by atoms with Gasteiger partial charge in [0.2, 0.25) is 0 Å². The maximum Gasteiger partial charge on any atom is 0.0926 e.